The molecule has 2 aromatic rings. The molecule has 0 saturated carbocycles. The lowest BCUT2D eigenvalue weighted by atomic mass is 10.3. The monoisotopic (exact) mass is 308 g/mol. The van der Waals surface area contributed by atoms with Crippen LogP contribution in [0.15, 0.2) is 30.6 Å². The van der Waals surface area contributed by atoms with E-state index in [1.165, 1.54) is 18.5 Å². The highest BCUT2D eigenvalue weighted by atomic mass is 35.5. The highest BCUT2D eigenvalue weighted by Crippen LogP contribution is 2.26. The summed E-state index contributed by atoms with van der Waals surface area (Å²) in [7, 11) is 0. The van der Waals surface area contributed by atoms with Gasteiger partial charge in [-0.05, 0) is 18.2 Å². The third kappa shape index (κ3) is 3.40. The van der Waals surface area contributed by atoms with Crippen LogP contribution in [0.5, 0.6) is 0 Å². The highest BCUT2D eigenvalue weighted by molar-refractivity contribution is 6.33. The van der Waals surface area contributed by atoms with Crippen LogP contribution in [0, 0.1) is 5.82 Å². The lowest BCUT2D eigenvalue weighted by molar-refractivity contribution is 0.122. The fraction of sp³-hybridized carbons (Fsp3) is 0.286. The van der Waals surface area contributed by atoms with Gasteiger partial charge in [0.2, 0.25) is 0 Å². The summed E-state index contributed by atoms with van der Waals surface area (Å²) in [6, 6.07) is 6.02. The predicted molar refractivity (Wildman–Crippen MR) is 79.8 cm³/mol. The lowest BCUT2D eigenvalue weighted by Crippen LogP contribution is -2.36. The van der Waals surface area contributed by atoms with Gasteiger partial charge in [-0.3, -0.25) is 0 Å². The number of aromatic nitrogens is 2. The van der Waals surface area contributed by atoms with E-state index in [0.29, 0.717) is 29.7 Å². The van der Waals surface area contributed by atoms with Gasteiger partial charge in [0.1, 0.15) is 23.8 Å². The molecule has 21 heavy (non-hydrogen) atoms. The number of nitrogens with zero attached hydrogens (tertiary/aromatic N) is 3. The Bertz CT molecular complexity index is 634. The molecule has 0 spiro atoms. The van der Waals surface area contributed by atoms with Crippen molar-refractivity contribution in [3.8, 4) is 0 Å². The molecule has 0 amide bonds. The van der Waals surface area contributed by atoms with Crippen LogP contribution < -0.4 is 10.2 Å². The van der Waals surface area contributed by atoms with Gasteiger partial charge < -0.3 is 15.0 Å². The van der Waals surface area contributed by atoms with E-state index in [9.17, 15) is 4.39 Å². The van der Waals surface area contributed by atoms with Crippen LogP contribution >= 0.6 is 11.6 Å². The zero-order valence-electron chi connectivity index (χ0n) is 11.2. The minimum atomic E-state index is -0.373. The third-order valence-corrected chi connectivity index (χ3v) is 3.49. The van der Waals surface area contributed by atoms with Gasteiger partial charge in [0.25, 0.3) is 0 Å². The van der Waals surface area contributed by atoms with Crippen molar-refractivity contribution in [2.75, 3.05) is 36.5 Å². The molecular weight excluding hydrogens is 295 g/mol. The number of morpholine rings is 1. The number of ether oxygens (including phenoxy) is 1. The molecule has 3 rings (SSSR count). The first-order valence-electron chi connectivity index (χ1n) is 6.59. The number of rotatable bonds is 3. The number of halogens is 2. The maximum Gasteiger partial charge on any atom is 0.135 e. The second-order valence-electron chi connectivity index (χ2n) is 4.61. The average Bonchev–Trinajstić information content (AvgIpc) is 2.51. The maximum atomic E-state index is 13.0. The number of benzene rings is 1. The number of hydrogen-bond acceptors (Lipinski definition) is 5. The molecule has 5 nitrogen and oxygen atoms in total. The molecule has 1 aliphatic heterocycles. The van der Waals surface area contributed by atoms with Crippen LogP contribution in [0.25, 0.3) is 0 Å². The number of nitrogens with one attached hydrogen (secondary N) is 1. The fourth-order valence-corrected chi connectivity index (χ4v) is 2.32. The van der Waals surface area contributed by atoms with Gasteiger partial charge in [0, 0.05) is 19.2 Å². The minimum absolute atomic E-state index is 0.307. The molecule has 110 valence electrons. The molecule has 7 heteroatoms. The smallest absolute Gasteiger partial charge is 0.135 e. The summed E-state index contributed by atoms with van der Waals surface area (Å²) in [6.07, 6.45) is 1.49. The Morgan fingerprint density at radius 2 is 2.00 bits per heavy atom. The normalized spacial score (nSPS) is 15.0. The van der Waals surface area contributed by atoms with Crippen molar-refractivity contribution in [3.05, 3.63) is 41.4 Å². The van der Waals surface area contributed by atoms with E-state index in [1.54, 1.807) is 6.07 Å². The van der Waals surface area contributed by atoms with E-state index in [1.807, 2.05) is 6.07 Å². The maximum absolute atomic E-state index is 13.0. The van der Waals surface area contributed by atoms with Gasteiger partial charge in [-0.15, -0.1) is 0 Å². The lowest BCUT2D eigenvalue weighted by Gasteiger charge is -2.27. The van der Waals surface area contributed by atoms with Crippen molar-refractivity contribution < 1.29 is 9.13 Å². The second kappa shape index (κ2) is 6.24. The van der Waals surface area contributed by atoms with Crippen molar-refractivity contribution in [2.24, 2.45) is 0 Å². The minimum Gasteiger partial charge on any atom is -0.378 e. The summed E-state index contributed by atoms with van der Waals surface area (Å²) in [5.41, 5.74) is 0.602. The van der Waals surface area contributed by atoms with Crippen molar-refractivity contribution in [1.29, 1.82) is 0 Å². The Kier molecular flexibility index (Phi) is 4.17. The van der Waals surface area contributed by atoms with Crippen molar-refractivity contribution in [1.82, 2.24) is 9.97 Å². The van der Waals surface area contributed by atoms with Crippen molar-refractivity contribution in [3.63, 3.8) is 0 Å². The van der Waals surface area contributed by atoms with E-state index in [4.69, 9.17) is 16.3 Å². The Hall–Kier alpha value is -1.92. The largest absolute Gasteiger partial charge is 0.378 e. The van der Waals surface area contributed by atoms with Crippen molar-refractivity contribution >= 4 is 28.9 Å². The zero-order chi connectivity index (χ0) is 14.7. The standard InChI is InChI=1S/C14H14ClFN4O/c15-11-7-10(16)1-2-12(11)19-13-8-14(18-9-17-13)20-3-5-21-6-4-20/h1-2,7-9H,3-6H2,(H,17,18,19). The quantitative estimate of drug-likeness (QED) is 0.945. The third-order valence-electron chi connectivity index (χ3n) is 3.18. The average molecular weight is 309 g/mol. The SMILES string of the molecule is Fc1ccc(Nc2cc(N3CCOCC3)ncn2)c(Cl)c1. The molecule has 0 atom stereocenters. The summed E-state index contributed by atoms with van der Waals surface area (Å²) in [5, 5.41) is 3.38. The Morgan fingerprint density at radius 1 is 1.19 bits per heavy atom. The predicted octanol–water partition coefficient (Wildman–Crippen LogP) is 2.85. The van der Waals surface area contributed by atoms with Crippen LogP contribution in [0.4, 0.5) is 21.7 Å². The van der Waals surface area contributed by atoms with E-state index < -0.39 is 0 Å². The van der Waals surface area contributed by atoms with Crippen LogP contribution in [-0.2, 0) is 4.74 Å². The summed E-state index contributed by atoms with van der Waals surface area (Å²) in [6.45, 7) is 2.98. The molecule has 1 aliphatic rings. The van der Waals surface area contributed by atoms with Crippen LogP contribution in [-0.4, -0.2) is 36.3 Å². The van der Waals surface area contributed by atoms with E-state index in [-0.39, 0.29) is 5.82 Å². The van der Waals surface area contributed by atoms with Crippen molar-refractivity contribution in [2.45, 2.75) is 0 Å². The summed E-state index contributed by atoms with van der Waals surface area (Å²) < 4.78 is 18.4. The first kappa shape index (κ1) is 14.0. The zero-order valence-corrected chi connectivity index (χ0v) is 12.0. The summed E-state index contributed by atoms with van der Waals surface area (Å²) in [5.74, 6) is 1.07. The van der Waals surface area contributed by atoms with Crippen LogP contribution in [0.1, 0.15) is 0 Å². The van der Waals surface area contributed by atoms with Gasteiger partial charge >= 0.3 is 0 Å². The molecule has 0 unspecified atom stereocenters. The van der Waals surface area contributed by atoms with Gasteiger partial charge in [0.05, 0.1) is 23.9 Å². The highest BCUT2D eigenvalue weighted by Gasteiger charge is 2.13. The molecule has 1 fully saturated rings. The van der Waals surface area contributed by atoms with Gasteiger partial charge in [-0.1, -0.05) is 11.6 Å². The second-order valence-corrected chi connectivity index (χ2v) is 5.02. The Labute approximate surface area is 126 Å². The molecule has 2 heterocycles. The molecular formula is C14H14ClFN4O. The van der Waals surface area contributed by atoms with E-state index in [0.717, 1.165) is 18.9 Å². The molecule has 0 radical (unpaired) electrons. The van der Waals surface area contributed by atoms with E-state index >= 15 is 0 Å². The first-order chi connectivity index (χ1) is 10.2. The Morgan fingerprint density at radius 3 is 2.76 bits per heavy atom. The van der Waals surface area contributed by atoms with E-state index in [2.05, 4.69) is 20.2 Å². The molecule has 1 aromatic heterocycles. The Balaban J connectivity index is 1.79. The number of hydrogen-bond donors (Lipinski definition) is 1. The van der Waals surface area contributed by atoms with Gasteiger partial charge in [0.15, 0.2) is 0 Å². The molecule has 0 bridgehead atoms. The fourth-order valence-electron chi connectivity index (χ4n) is 2.11. The molecule has 0 aliphatic carbocycles. The molecule has 1 N–H and O–H groups in total. The number of anilines is 3. The molecule has 1 aromatic carbocycles. The van der Waals surface area contributed by atoms with Crippen LogP contribution in [0.2, 0.25) is 5.02 Å². The molecule has 1 saturated heterocycles. The first-order valence-corrected chi connectivity index (χ1v) is 6.97. The van der Waals surface area contributed by atoms with Gasteiger partial charge in [-0.2, -0.15) is 0 Å². The van der Waals surface area contributed by atoms with Crippen LogP contribution in [0.3, 0.4) is 0 Å². The summed E-state index contributed by atoms with van der Waals surface area (Å²) in [4.78, 5) is 10.6. The summed E-state index contributed by atoms with van der Waals surface area (Å²) >= 11 is 6.00. The topological polar surface area (TPSA) is 50.3 Å². The van der Waals surface area contributed by atoms with Gasteiger partial charge in [-0.25, -0.2) is 14.4 Å².